The number of imidazole rings is 1. The first-order chi connectivity index (χ1) is 14.1. The van der Waals surface area contributed by atoms with Crippen LogP contribution in [0.15, 0.2) is 78.9 Å². The predicted octanol–water partition coefficient (Wildman–Crippen LogP) is 3.99. The predicted molar refractivity (Wildman–Crippen MR) is 108 cm³/mol. The van der Waals surface area contributed by atoms with Gasteiger partial charge in [0.15, 0.2) is 11.4 Å². The van der Waals surface area contributed by atoms with Crippen molar-refractivity contribution in [1.29, 1.82) is 0 Å². The first-order valence-corrected chi connectivity index (χ1v) is 9.19. The van der Waals surface area contributed by atoms with Crippen LogP contribution in [0, 0.1) is 0 Å². The van der Waals surface area contributed by atoms with Crippen molar-refractivity contribution in [1.82, 2.24) is 9.55 Å². The molecule has 0 aliphatic rings. The van der Waals surface area contributed by atoms with E-state index in [1.54, 1.807) is 34.9 Å². The Balaban J connectivity index is 2.05. The van der Waals surface area contributed by atoms with Gasteiger partial charge in [0.2, 0.25) is 0 Å². The van der Waals surface area contributed by atoms with Crippen LogP contribution in [-0.2, 0) is 12.1 Å². The van der Waals surface area contributed by atoms with Gasteiger partial charge in [0.1, 0.15) is 6.67 Å². The lowest BCUT2D eigenvalue weighted by Gasteiger charge is -2.29. The standard InChI is InChI=1S/C23H19FN2O3/c24-13-14-26-20-15-16(21(27)28)11-12-19(20)25-22(26)23(29,17-7-3-1-4-8-17)18-9-5-2-6-10-18/h1-12,15,29H,13-14H2,(H,27,28). The van der Waals surface area contributed by atoms with Gasteiger partial charge in [0.25, 0.3) is 0 Å². The van der Waals surface area contributed by atoms with Crippen molar-refractivity contribution >= 4 is 17.0 Å². The van der Waals surface area contributed by atoms with Gasteiger partial charge in [-0.25, -0.2) is 14.2 Å². The molecule has 0 fully saturated rings. The normalized spacial score (nSPS) is 11.7. The Morgan fingerprint density at radius 2 is 1.55 bits per heavy atom. The van der Waals surface area contributed by atoms with Gasteiger partial charge in [0.05, 0.1) is 23.1 Å². The Morgan fingerprint density at radius 1 is 0.966 bits per heavy atom. The van der Waals surface area contributed by atoms with Gasteiger partial charge >= 0.3 is 5.97 Å². The highest BCUT2D eigenvalue weighted by molar-refractivity contribution is 5.92. The number of halogens is 1. The number of aryl methyl sites for hydroxylation is 1. The number of hydrogen-bond donors (Lipinski definition) is 2. The second-order valence-corrected chi connectivity index (χ2v) is 6.73. The third-order valence-corrected chi connectivity index (χ3v) is 5.01. The molecule has 0 aliphatic carbocycles. The molecule has 0 radical (unpaired) electrons. The van der Waals surface area contributed by atoms with E-state index >= 15 is 0 Å². The number of carbonyl (C=O) groups is 1. The maximum Gasteiger partial charge on any atom is 0.335 e. The highest BCUT2D eigenvalue weighted by atomic mass is 19.1. The minimum Gasteiger partial charge on any atom is -0.478 e. The SMILES string of the molecule is O=C(O)c1ccc2nc(C(O)(c3ccccc3)c3ccccc3)n(CCF)c2c1. The van der Waals surface area contributed by atoms with E-state index in [2.05, 4.69) is 4.98 Å². The Kier molecular flexibility index (Phi) is 4.86. The van der Waals surface area contributed by atoms with Crippen LogP contribution in [0.1, 0.15) is 27.3 Å². The highest BCUT2D eigenvalue weighted by Gasteiger charge is 2.39. The molecule has 5 nitrogen and oxygen atoms in total. The summed E-state index contributed by atoms with van der Waals surface area (Å²) in [5.41, 5.74) is 0.554. The molecule has 3 aromatic carbocycles. The fourth-order valence-electron chi connectivity index (χ4n) is 3.63. The molecule has 2 N–H and O–H groups in total. The molecule has 0 aliphatic heterocycles. The van der Waals surface area contributed by atoms with Crippen molar-refractivity contribution in [3.8, 4) is 0 Å². The number of aromatic carboxylic acids is 1. The molecule has 6 heteroatoms. The molecule has 1 aromatic heterocycles. The quantitative estimate of drug-likeness (QED) is 0.522. The Morgan fingerprint density at radius 3 is 2.07 bits per heavy atom. The van der Waals surface area contributed by atoms with E-state index < -0.39 is 18.2 Å². The number of alkyl halides is 1. The third-order valence-electron chi connectivity index (χ3n) is 5.01. The number of nitrogens with zero attached hydrogens (tertiary/aromatic N) is 2. The lowest BCUT2D eigenvalue weighted by Crippen LogP contribution is -2.33. The number of carboxylic acids is 1. The summed E-state index contributed by atoms with van der Waals surface area (Å²) >= 11 is 0. The van der Waals surface area contributed by atoms with Crippen LogP contribution in [0.3, 0.4) is 0 Å². The van der Waals surface area contributed by atoms with Crippen LogP contribution in [0.25, 0.3) is 11.0 Å². The van der Waals surface area contributed by atoms with Gasteiger partial charge in [0, 0.05) is 0 Å². The van der Waals surface area contributed by atoms with Crippen molar-refractivity contribution in [3.63, 3.8) is 0 Å². The van der Waals surface area contributed by atoms with Crippen molar-refractivity contribution < 1.29 is 19.4 Å². The van der Waals surface area contributed by atoms with Crippen LogP contribution >= 0.6 is 0 Å². The summed E-state index contributed by atoms with van der Waals surface area (Å²) in [7, 11) is 0. The van der Waals surface area contributed by atoms with Crippen molar-refractivity contribution in [2.45, 2.75) is 12.1 Å². The molecule has 0 bridgehead atoms. The van der Waals surface area contributed by atoms with Gasteiger partial charge in [-0.1, -0.05) is 60.7 Å². The molecule has 4 rings (SSSR count). The Hall–Kier alpha value is -3.51. The number of benzene rings is 3. The third kappa shape index (κ3) is 3.17. The van der Waals surface area contributed by atoms with E-state index in [-0.39, 0.29) is 17.9 Å². The van der Waals surface area contributed by atoms with E-state index in [1.165, 1.54) is 12.1 Å². The van der Waals surface area contributed by atoms with E-state index in [9.17, 15) is 19.4 Å². The smallest absolute Gasteiger partial charge is 0.335 e. The van der Waals surface area contributed by atoms with Crippen molar-refractivity contribution in [3.05, 3.63) is 101 Å². The Labute approximate surface area is 166 Å². The minimum absolute atomic E-state index is 0.0586. The van der Waals surface area contributed by atoms with Gasteiger partial charge < -0.3 is 14.8 Å². The number of aliphatic hydroxyl groups is 1. The maximum absolute atomic E-state index is 13.5. The number of fused-ring (bicyclic) bond motifs is 1. The second kappa shape index (κ2) is 7.48. The summed E-state index contributed by atoms with van der Waals surface area (Å²) < 4.78 is 15.0. The highest BCUT2D eigenvalue weighted by Crippen LogP contribution is 2.37. The fraction of sp³-hybridized carbons (Fsp3) is 0.130. The average Bonchev–Trinajstić information content (AvgIpc) is 3.13. The molecule has 0 saturated heterocycles. The number of hydrogen-bond acceptors (Lipinski definition) is 3. The zero-order chi connectivity index (χ0) is 20.4. The summed E-state index contributed by atoms with van der Waals surface area (Å²) in [6.07, 6.45) is 0. The zero-order valence-electron chi connectivity index (χ0n) is 15.5. The molecule has 0 atom stereocenters. The summed E-state index contributed by atoms with van der Waals surface area (Å²) in [5.74, 6) is -0.840. The largest absolute Gasteiger partial charge is 0.478 e. The summed E-state index contributed by atoms with van der Waals surface area (Å²) in [6.45, 7) is -0.744. The maximum atomic E-state index is 13.5. The minimum atomic E-state index is -1.64. The van der Waals surface area contributed by atoms with E-state index in [0.29, 0.717) is 22.2 Å². The average molecular weight is 390 g/mol. The first-order valence-electron chi connectivity index (χ1n) is 9.19. The molecular weight excluding hydrogens is 371 g/mol. The second-order valence-electron chi connectivity index (χ2n) is 6.73. The van der Waals surface area contributed by atoms with Gasteiger partial charge in [-0.15, -0.1) is 0 Å². The lowest BCUT2D eigenvalue weighted by molar-refractivity contribution is 0.0697. The van der Waals surface area contributed by atoms with Crippen molar-refractivity contribution in [2.24, 2.45) is 0 Å². The summed E-state index contributed by atoms with van der Waals surface area (Å²) in [5, 5.41) is 21.3. The van der Waals surface area contributed by atoms with Gasteiger partial charge in [-0.3, -0.25) is 0 Å². The molecule has 0 spiro atoms. The van der Waals surface area contributed by atoms with E-state index in [0.717, 1.165) is 0 Å². The topological polar surface area (TPSA) is 75.3 Å². The molecule has 0 saturated carbocycles. The molecule has 146 valence electrons. The molecule has 4 aromatic rings. The van der Waals surface area contributed by atoms with Crippen LogP contribution in [0.2, 0.25) is 0 Å². The zero-order valence-corrected chi connectivity index (χ0v) is 15.5. The monoisotopic (exact) mass is 390 g/mol. The lowest BCUT2D eigenvalue weighted by atomic mass is 9.85. The number of rotatable bonds is 6. The van der Waals surface area contributed by atoms with Gasteiger partial charge in [-0.05, 0) is 29.3 Å². The number of aromatic nitrogens is 2. The van der Waals surface area contributed by atoms with Crippen LogP contribution in [0.5, 0.6) is 0 Å². The molecule has 29 heavy (non-hydrogen) atoms. The summed E-state index contributed by atoms with van der Waals surface area (Å²) in [6, 6.07) is 22.6. The molecular formula is C23H19FN2O3. The van der Waals surface area contributed by atoms with Crippen LogP contribution < -0.4 is 0 Å². The van der Waals surface area contributed by atoms with Crippen LogP contribution in [-0.4, -0.2) is 32.4 Å². The Bertz CT molecular complexity index is 1120. The van der Waals surface area contributed by atoms with E-state index in [1.807, 2.05) is 36.4 Å². The first kappa shape index (κ1) is 18.8. The summed E-state index contributed by atoms with van der Waals surface area (Å²) in [4.78, 5) is 16.0. The van der Waals surface area contributed by atoms with Gasteiger partial charge in [-0.2, -0.15) is 0 Å². The molecule has 0 amide bonds. The van der Waals surface area contributed by atoms with Crippen LogP contribution in [0.4, 0.5) is 4.39 Å². The fourth-order valence-corrected chi connectivity index (χ4v) is 3.63. The number of carboxylic acid groups (broad SMARTS) is 1. The van der Waals surface area contributed by atoms with Crippen molar-refractivity contribution in [2.75, 3.05) is 6.67 Å². The molecule has 1 heterocycles. The van der Waals surface area contributed by atoms with E-state index in [4.69, 9.17) is 0 Å². The molecule has 0 unspecified atom stereocenters.